The molecule has 0 spiro atoms. The number of nitrogens with zero attached hydrogens (tertiary/aromatic N) is 1. The molecule has 0 bridgehead atoms. The maximum Gasteiger partial charge on any atom is 0.256 e. The molecule has 1 aliphatic heterocycles. The number of hydrogen-bond donors (Lipinski definition) is 3. The molecular weight excluding hydrogens is 404 g/mol. The van der Waals surface area contributed by atoms with E-state index in [-0.39, 0.29) is 35.5 Å². The van der Waals surface area contributed by atoms with Gasteiger partial charge in [0.2, 0.25) is 15.9 Å². The van der Waals surface area contributed by atoms with E-state index >= 15 is 0 Å². The van der Waals surface area contributed by atoms with Gasteiger partial charge < -0.3 is 15.5 Å². The molecule has 0 unspecified atom stereocenters. The van der Waals surface area contributed by atoms with Crippen LogP contribution in [0.4, 0.5) is 11.4 Å². The van der Waals surface area contributed by atoms with E-state index in [9.17, 15) is 18.0 Å². The number of amides is 2. The number of sulfonamides is 1. The Balaban J connectivity index is 0.00000392. The number of rotatable bonds is 7. The smallest absolute Gasteiger partial charge is 0.256 e. The summed E-state index contributed by atoms with van der Waals surface area (Å²) in [4.78, 5) is 26.1. The molecule has 2 amide bonds. The van der Waals surface area contributed by atoms with Gasteiger partial charge in [-0.3, -0.25) is 14.3 Å². The summed E-state index contributed by atoms with van der Waals surface area (Å²) in [6.45, 7) is 3.60. The predicted octanol–water partition coefficient (Wildman–Crippen LogP) is 1.90. The molecule has 28 heavy (non-hydrogen) atoms. The van der Waals surface area contributed by atoms with Crippen molar-refractivity contribution in [2.24, 2.45) is 5.92 Å². The van der Waals surface area contributed by atoms with Crippen LogP contribution in [0.25, 0.3) is 0 Å². The van der Waals surface area contributed by atoms with Crippen molar-refractivity contribution in [2.45, 2.75) is 26.2 Å². The van der Waals surface area contributed by atoms with Gasteiger partial charge in [-0.2, -0.15) is 0 Å². The van der Waals surface area contributed by atoms with Crippen molar-refractivity contribution >= 4 is 45.6 Å². The lowest BCUT2D eigenvalue weighted by molar-refractivity contribution is -0.114. The first kappa shape index (κ1) is 24.2. The van der Waals surface area contributed by atoms with E-state index in [1.165, 1.54) is 19.1 Å². The molecule has 1 saturated heterocycles. The number of hydrogen-bond acceptors (Lipinski definition) is 5. The van der Waals surface area contributed by atoms with Crippen molar-refractivity contribution in [1.29, 1.82) is 0 Å². The molecule has 0 radical (unpaired) electrons. The van der Waals surface area contributed by atoms with E-state index in [0.29, 0.717) is 24.7 Å². The standard InChI is InChI=1S/C18H28N4O4S.ClH/c1-13(23)20-15-4-5-17(21-27(3,25)26)16(12-15)18(24)22-10-7-14(8-11-22)6-9-19-2;/h4-5,12,14,19,21H,6-11H2,1-3H3,(H,20,23);1H. The van der Waals surface area contributed by atoms with Crippen LogP contribution in [0.15, 0.2) is 18.2 Å². The third kappa shape index (κ3) is 7.29. The van der Waals surface area contributed by atoms with E-state index < -0.39 is 10.0 Å². The highest BCUT2D eigenvalue weighted by Gasteiger charge is 2.26. The quantitative estimate of drug-likeness (QED) is 0.609. The van der Waals surface area contributed by atoms with Crippen LogP contribution in [-0.4, -0.2) is 58.1 Å². The van der Waals surface area contributed by atoms with E-state index in [1.807, 2.05) is 7.05 Å². The van der Waals surface area contributed by atoms with Crippen LogP contribution in [0, 0.1) is 5.92 Å². The fraction of sp³-hybridized carbons (Fsp3) is 0.556. The number of halogens is 1. The molecule has 8 nitrogen and oxygen atoms in total. The van der Waals surface area contributed by atoms with Gasteiger partial charge in [0.05, 0.1) is 17.5 Å². The maximum atomic E-state index is 13.0. The van der Waals surface area contributed by atoms with Gasteiger partial charge in [-0.25, -0.2) is 8.42 Å². The first-order valence-corrected chi connectivity index (χ1v) is 10.9. The van der Waals surface area contributed by atoms with Crippen LogP contribution in [0.5, 0.6) is 0 Å². The average Bonchev–Trinajstić information content (AvgIpc) is 2.59. The van der Waals surface area contributed by atoms with Crippen LogP contribution in [0.2, 0.25) is 0 Å². The van der Waals surface area contributed by atoms with Gasteiger partial charge in [0.25, 0.3) is 5.91 Å². The summed E-state index contributed by atoms with van der Waals surface area (Å²) in [6, 6.07) is 4.58. The molecule has 0 aliphatic carbocycles. The highest BCUT2D eigenvalue weighted by molar-refractivity contribution is 7.92. The van der Waals surface area contributed by atoms with Crippen LogP contribution >= 0.6 is 12.4 Å². The minimum atomic E-state index is -3.53. The lowest BCUT2D eigenvalue weighted by Gasteiger charge is -2.32. The van der Waals surface area contributed by atoms with Crippen LogP contribution in [0.3, 0.4) is 0 Å². The van der Waals surface area contributed by atoms with Crippen molar-refractivity contribution in [1.82, 2.24) is 10.2 Å². The normalized spacial score (nSPS) is 14.9. The third-order valence-electron chi connectivity index (χ3n) is 4.57. The summed E-state index contributed by atoms with van der Waals surface area (Å²) >= 11 is 0. The minimum absolute atomic E-state index is 0. The van der Waals surface area contributed by atoms with Gasteiger partial charge in [0, 0.05) is 25.7 Å². The Hall–Kier alpha value is -1.84. The largest absolute Gasteiger partial charge is 0.339 e. The Morgan fingerprint density at radius 2 is 1.86 bits per heavy atom. The van der Waals surface area contributed by atoms with Crippen molar-refractivity contribution in [3.05, 3.63) is 23.8 Å². The Morgan fingerprint density at radius 1 is 1.21 bits per heavy atom. The average molecular weight is 433 g/mol. The van der Waals surface area contributed by atoms with Gasteiger partial charge in [-0.1, -0.05) is 0 Å². The first-order valence-electron chi connectivity index (χ1n) is 9.03. The number of carbonyl (C=O) groups is 2. The molecule has 1 fully saturated rings. The molecule has 10 heteroatoms. The minimum Gasteiger partial charge on any atom is -0.339 e. The SMILES string of the molecule is CNCCC1CCN(C(=O)c2cc(NC(C)=O)ccc2NS(C)(=O)=O)CC1.Cl. The fourth-order valence-electron chi connectivity index (χ4n) is 3.23. The Labute approximate surface area is 172 Å². The molecule has 1 aromatic carbocycles. The number of carbonyl (C=O) groups excluding carboxylic acids is 2. The second-order valence-electron chi connectivity index (χ2n) is 6.94. The van der Waals surface area contributed by atoms with Crippen LogP contribution < -0.4 is 15.4 Å². The van der Waals surface area contributed by atoms with Gasteiger partial charge in [-0.05, 0) is 57.0 Å². The third-order valence-corrected chi connectivity index (χ3v) is 5.16. The fourth-order valence-corrected chi connectivity index (χ4v) is 3.81. The summed E-state index contributed by atoms with van der Waals surface area (Å²) < 4.78 is 25.7. The van der Waals surface area contributed by atoms with Crippen molar-refractivity contribution in [3.63, 3.8) is 0 Å². The Kier molecular flexibility index (Phi) is 9.19. The summed E-state index contributed by atoms with van der Waals surface area (Å²) in [5, 5.41) is 5.78. The number of likely N-dealkylation sites (tertiary alicyclic amines) is 1. The monoisotopic (exact) mass is 432 g/mol. The van der Waals surface area contributed by atoms with Gasteiger partial charge in [0.15, 0.2) is 0 Å². The van der Waals surface area contributed by atoms with E-state index in [1.54, 1.807) is 11.0 Å². The Morgan fingerprint density at radius 3 is 2.39 bits per heavy atom. The second kappa shape index (κ2) is 10.6. The second-order valence-corrected chi connectivity index (χ2v) is 8.69. The van der Waals surface area contributed by atoms with E-state index in [4.69, 9.17) is 0 Å². The molecular formula is C18H29ClN4O4S. The highest BCUT2D eigenvalue weighted by Crippen LogP contribution is 2.26. The zero-order valence-corrected chi connectivity index (χ0v) is 18.1. The topological polar surface area (TPSA) is 108 Å². The van der Waals surface area contributed by atoms with E-state index in [2.05, 4.69) is 15.4 Å². The molecule has 3 N–H and O–H groups in total. The molecule has 2 rings (SSSR count). The zero-order valence-electron chi connectivity index (χ0n) is 16.4. The first-order chi connectivity index (χ1) is 12.7. The van der Waals surface area contributed by atoms with Crippen molar-refractivity contribution in [3.8, 4) is 0 Å². The lowest BCUT2D eigenvalue weighted by atomic mass is 9.93. The van der Waals surface area contributed by atoms with Gasteiger partial charge in [0.1, 0.15) is 0 Å². The zero-order chi connectivity index (χ0) is 20.0. The van der Waals surface area contributed by atoms with Gasteiger partial charge in [-0.15, -0.1) is 12.4 Å². The molecule has 0 saturated carbocycles. The van der Waals surface area contributed by atoms with Crippen LogP contribution in [-0.2, 0) is 14.8 Å². The van der Waals surface area contributed by atoms with Crippen molar-refractivity contribution in [2.75, 3.05) is 43.0 Å². The summed E-state index contributed by atoms with van der Waals surface area (Å²) in [5.74, 6) is 0.0869. The molecule has 1 aliphatic rings. The number of anilines is 2. The molecule has 158 valence electrons. The predicted molar refractivity (Wildman–Crippen MR) is 114 cm³/mol. The number of nitrogens with one attached hydrogen (secondary N) is 3. The lowest BCUT2D eigenvalue weighted by Crippen LogP contribution is -2.39. The van der Waals surface area contributed by atoms with Gasteiger partial charge >= 0.3 is 0 Å². The maximum absolute atomic E-state index is 13.0. The highest BCUT2D eigenvalue weighted by atomic mass is 35.5. The molecule has 1 aromatic rings. The molecule has 1 heterocycles. The van der Waals surface area contributed by atoms with Crippen LogP contribution in [0.1, 0.15) is 36.5 Å². The van der Waals surface area contributed by atoms with Crippen molar-refractivity contribution < 1.29 is 18.0 Å². The molecule has 0 atom stereocenters. The number of piperidine rings is 1. The summed E-state index contributed by atoms with van der Waals surface area (Å²) in [7, 11) is -1.61. The molecule has 0 aromatic heterocycles. The summed E-state index contributed by atoms with van der Waals surface area (Å²) in [6.07, 6.45) is 3.97. The number of benzene rings is 1. The Bertz CT molecular complexity index is 793. The van der Waals surface area contributed by atoms with E-state index in [0.717, 1.165) is 32.1 Å². The summed E-state index contributed by atoms with van der Waals surface area (Å²) in [5.41, 5.74) is 0.906.